The van der Waals surface area contributed by atoms with Gasteiger partial charge < -0.3 is 20.0 Å². The fraction of sp³-hybridized carbons (Fsp3) is 0.750. The summed E-state index contributed by atoms with van der Waals surface area (Å²) in [5, 5.41) is 6.97. The number of piperidine rings is 1. The second-order valence-corrected chi connectivity index (χ2v) is 7.65. The molecule has 1 aromatic rings. The van der Waals surface area contributed by atoms with Crippen LogP contribution in [0.3, 0.4) is 0 Å². The number of hydrogen-bond donors (Lipinski definition) is 2. The largest absolute Gasteiger partial charge is 0.468 e. The minimum absolute atomic E-state index is 0. The minimum Gasteiger partial charge on any atom is -0.468 e. The van der Waals surface area contributed by atoms with Crippen LogP contribution in [0.2, 0.25) is 0 Å². The highest BCUT2D eigenvalue weighted by Gasteiger charge is 2.25. The lowest BCUT2D eigenvalue weighted by atomic mass is 9.99. The molecule has 154 valence electrons. The van der Waals surface area contributed by atoms with Crippen molar-refractivity contribution >= 4 is 29.9 Å². The molecule has 6 nitrogen and oxygen atoms in total. The lowest BCUT2D eigenvalue weighted by Gasteiger charge is -2.30. The van der Waals surface area contributed by atoms with Crippen molar-refractivity contribution in [3.63, 3.8) is 0 Å². The Hall–Kier alpha value is -0.800. The molecule has 1 aromatic heterocycles. The molecule has 2 saturated heterocycles. The summed E-state index contributed by atoms with van der Waals surface area (Å²) in [5.41, 5.74) is 0. The summed E-state index contributed by atoms with van der Waals surface area (Å²) in [6.45, 7) is 9.40. The molecular formula is C20H36IN5O. The van der Waals surface area contributed by atoms with E-state index in [0.717, 1.165) is 44.4 Å². The Bertz CT molecular complexity index is 545. The third-order valence-corrected chi connectivity index (χ3v) is 5.50. The summed E-state index contributed by atoms with van der Waals surface area (Å²) in [5.74, 6) is 2.66. The first-order valence-electron chi connectivity index (χ1n) is 10.2. The zero-order chi connectivity index (χ0) is 18.2. The molecule has 3 rings (SSSR count). The van der Waals surface area contributed by atoms with Crippen LogP contribution in [-0.2, 0) is 0 Å². The number of hydrogen-bond acceptors (Lipinski definition) is 4. The van der Waals surface area contributed by atoms with Crippen molar-refractivity contribution in [1.29, 1.82) is 0 Å². The first-order chi connectivity index (χ1) is 12.8. The van der Waals surface area contributed by atoms with Crippen LogP contribution in [0, 0.1) is 5.92 Å². The number of nitrogens with one attached hydrogen (secondary N) is 2. The van der Waals surface area contributed by atoms with E-state index in [0.29, 0.717) is 5.92 Å². The van der Waals surface area contributed by atoms with Crippen LogP contribution in [-0.4, -0.2) is 68.6 Å². The summed E-state index contributed by atoms with van der Waals surface area (Å²) in [7, 11) is 2.22. The minimum atomic E-state index is 0. The summed E-state index contributed by atoms with van der Waals surface area (Å²) < 4.78 is 5.71. The summed E-state index contributed by atoms with van der Waals surface area (Å²) in [6, 6.07) is 4.30. The molecule has 27 heavy (non-hydrogen) atoms. The van der Waals surface area contributed by atoms with Crippen molar-refractivity contribution in [2.24, 2.45) is 10.9 Å². The third-order valence-electron chi connectivity index (χ3n) is 5.50. The van der Waals surface area contributed by atoms with Gasteiger partial charge in [-0.1, -0.05) is 0 Å². The standard InChI is InChI=1S/C20H35N5O.HI/c1-3-21-20(22-14-17-8-6-10-24(2)16-17)23-15-18(19-9-7-13-26-19)25-11-4-5-12-25;/h7,9,13,17-18H,3-6,8,10-12,14-16H2,1-2H3,(H2,21,22,23);1H. The van der Waals surface area contributed by atoms with Crippen molar-refractivity contribution in [1.82, 2.24) is 20.4 Å². The van der Waals surface area contributed by atoms with Gasteiger partial charge in [0.15, 0.2) is 5.96 Å². The summed E-state index contributed by atoms with van der Waals surface area (Å²) in [6.07, 6.45) is 6.92. The molecule has 2 unspecified atom stereocenters. The van der Waals surface area contributed by atoms with E-state index in [4.69, 9.17) is 9.41 Å². The maximum atomic E-state index is 5.71. The monoisotopic (exact) mass is 489 g/mol. The number of halogens is 1. The molecule has 0 amide bonds. The lowest BCUT2D eigenvalue weighted by Crippen LogP contribution is -2.44. The van der Waals surface area contributed by atoms with E-state index in [2.05, 4.69) is 40.5 Å². The number of nitrogens with zero attached hydrogens (tertiary/aromatic N) is 3. The van der Waals surface area contributed by atoms with Gasteiger partial charge in [0, 0.05) is 19.6 Å². The Morgan fingerprint density at radius 3 is 2.74 bits per heavy atom. The average Bonchev–Trinajstić information content (AvgIpc) is 3.34. The number of rotatable bonds is 7. The average molecular weight is 489 g/mol. The van der Waals surface area contributed by atoms with Crippen molar-refractivity contribution in [2.75, 3.05) is 52.9 Å². The molecule has 0 aliphatic carbocycles. The van der Waals surface area contributed by atoms with Crippen LogP contribution in [0.4, 0.5) is 0 Å². The van der Waals surface area contributed by atoms with Gasteiger partial charge >= 0.3 is 0 Å². The number of furan rings is 1. The van der Waals surface area contributed by atoms with Crippen molar-refractivity contribution in [3.05, 3.63) is 24.2 Å². The van der Waals surface area contributed by atoms with E-state index in [1.165, 1.54) is 38.8 Å². The molecular weight excluding hydrogens is 453 g/mol. The molecule has 0 aromatic carbocycles. The van der Waals surface area contributed by atoms with E-state index in [1.807, 2.05) is 6.07 Å². The van der Waals surface area contributed by atoms with E-state index in [1.54, 1.807) is 6.26 Å². The van der Waals surface area contributed by atoms with Gasteiger partial charge in [-0.25, -0.2) is 0 Å². The Kier molecular flexibility index (Phi) is 9.92. The third kappa shape index (κ3) is 6.94. The predicted molar refractivity (Wildman–Crippen MR) is 122 cm³/mol. The lowest BCUT2D eigenvalue weighted by molar-refractivity contribution is 0.210. The quantitative estimate of drug-likeness (QED) is 0.351. The zero-order valence-corrected chi connectivity index (χ0v) is 19.2. The van der Waals surface area contributed by atoms with E-state index < -0.39 is 0 Å². The van der Waals surface area contributed by atoms with Crippen molar-refractivity contribution in [3.8, 4) is 0 Å². The summed E-state index contributed by atoms with van der Waals surface area (Å²) in [4.78, 5) is 9.83. The van der Waals surface area contributed by atoms with Gasteiger partial charge in [0.2, 0.25) is 0 Å². The van der Waals surface area contributed by atoms with Gasteiger partial charge in [-0.2, -0.15) is 0 Å². The van der Waals surface area contributed by atoms with Crippen molar-refractivity contribution in [2.45, 2.75) is 38.6 Å². The number of aliphatic imine (C=N–C) groups is 1. The van der Waals surface area contributed by atoms with Gasteiger partial charge in [-0.3, -0.25) is 9.89 Å². The SMILES string of the molecule is CCNC(=NCC(c1ccco1)N1CCCC1)NCC1CCCN(C)C1.I. The molecule has 0 saturated carbocycles. The van der Waals surface area contributed by atoms with Crippen LogP contribution in [0.25, 0.3) is 0 Å². The van der Waals surface area contributed by atoms with Gasteiger partial charge in [0.1, 0.15) is 5.76 Å². The molecule has 2 fully saturated rings. The number of likely N-dealkylation sites (tertiary alicyclic amines) is 2. The predicted octanol–water partition coefficient (Wildman–Crippen LogP) is 2.93. The molecule has 2 aliphatic rings. The van der Waals surface area contributed by atoms with Crippen molar-refractivity contribution < 1.29 is 4.42 Å². The maximum absolute atomic E-state index is 5.71. The molecule has 0 spiro atoms. The second-order valence-electron chi connectivity index (χ2n) is 7.65. The molecule has 7 heteroatoms. The molecule has 0 bridgehead atoms. The molecule has 2 aliphatic heterocycles. The Labute approximate surface area is 181 Å². The first-order valence-corrected chi connectivity index (χ1v) is 10.2. The summed E-state index contributed by atoms with van der Waals surface area (Å²) >= 11 is 0. The highest BCUT2D eigenvalue weighted by molar-refractivity contribution is 14.0. The first kappa shape index (κ1) is 22.5. The van der Waals surface area contributed by atoms with Gasteiger partial charge in [-0.15, -0.1) is 24.0 Å². The van der Waals surface area contributed by atoms with E-state index >= 15 is 0 Å². The van der Waals surface area contributed by atoms with Crippen LogP contribution < -0.4 is 10.6 Å². The highest BCUT2D eigenvalue weighted by Crippen LogP contribution is 2.25. The second kappa shape index (κ2) is 11.9. The van der Waals surface area contributed by atoms with Crippen LogP contribution in [0.5, 0.6) is 0 Å². The Morgan fingerprint density at radius 1 is 1.26 bits per heavy atom. The van der Waals surface area contributed by atoms with E-state index in [-0.39, 0.29) is 30.0 Å². The fourth-order valence-corrected chi connectivity index (χ4v) is 4.12. The van der Waals surface area contributed by atoms with Crippen LogP contribution in [0.1, 0.15) is 44.4 Å². The number of guanidine groups is 1. The smallest absolute Gasteiger partial charge is 0.191 e. The topological polar surface area (TPSA) is 56.0 Å². The Morgan fingerprint density at radius 2 is 2.07 bits per heavy atom. The maximum Gasteiger partial charge on any atom is 0.191 e. The normalized spacial score (nSPS) is 23.0. The van der Waals surface area contributed by atoms with Gasteiger partial charge in [0.25, 0.3) is 0 Å². The fourth-order valence-electron chi connectivity index (χ4n) is 4.12. The Balaban J connectivity index is 0.00000261. The molecule has 2 N–H and O–H groups in total. The van der Waals surface area contributed by atoms with Gasteiger partial charge in [0.05, 0.1) is 18.8 Å². The van der Waals surface area contributed by atoms with Gasteiger partial charge in [-0.05, 0) is 77.3 Å². The molecule has 0 radical (unpaired) electrons. The zero-order valence-electron chi connectivity index (χ0n) is 16.8. The van der Waals surface area contributed by atoms with E-state index in [9.17, 15) is 0 Å². The molecule has 2 atom stereocenters. The van der Waals surface area contributed by atoms with Crippen LogP contribution in [0.15, 0.2) is 27.8 Å². The van der Waals surface area contributed by atoms with Crippen LogP contribution >= 0.6 is 24.0 Å². The molecule has 3 heterocycles. The highest BCUT2D eigenvalue weighted by atomic mass is 127.